The molecule has 1 fully saturated rings. The van der Waals surface area contributed by atoms with Gasteiger partial charge in [0.15, 0.2) is 0 Å². The van der Waals surface area contributed by atoms with E-state index in [0.717, 1.165) is 37.0 Å². The van der Waals surface area contributed by atoms with Crippen molar-refractivity contribution in [3.8, 4) is 0 Å². The Morgan fingerprint density at radius 3 is 3.00 bits per heavy atom. The summed E-state index contributed by atoms with van der Waals surface area (Å²) in [6, 6.07) is 8.73. The number of nitrogens with one attached hydrogen (secondary N) is 1. The van der Waals surface area contributed by atoms with Crippen LogP contribution in [0.25, 0.3) is 11.0 Å². The molecule has 1 heterocycles. The van der Waals surface area contributed by atoms with E-state index >= 15 is 0 Å². The summed E-state index contributed by atoms with van der Waals surface area (Å²) in [6.45, 7) is 2.28. The fourth-order valence-electron chi connectivity index (χ4n) is 3.63. The molecule has 0 aliphatic heterocycles. The van der Waals surface area contributed by atoms with Crippen LogP contribution >= 0.6 is 0 Å². The van der Waals surface area contributed by atoms with Gasteiger partial charge in [0.05, 0.1) is 17.6 Å². The second-order valence-corrected chi connectivity index (χ2v) is 5.96. The van der Waals surface area contributed by atoms with Crippen LogP contribution in [-0.4, -0.2) is 33.9 Å². The zero-order valence-electron chi connectivity index (χ0n) is 12.3. The van der Waals surface area contributed by atoms with Crippen LogP contribution in [0.3, 0.4) is 0 Å². The van der Waals surface area contributed by atoms with Gasteiger partial charge in [-0.2, -0.15) is 0 Å². The van der Waals surface area contributed by atoms with Crippen LogP contribution in [0, 0.1) is 6.92 Å². The minimum absolute atomic E-state index is 0.138. The summed E-state index contributed by atoms with van der Waals surface area (Å²) >= 11 is 0. The van der Waals surface area contributed by atoms with Gasteiger partial charge in [0.1, 0.15) is 5.82 Å². The lowest BCUT2D eigenvalue weighted by atomic mass is 9.79. The van der Waals surface area contributed by atoms with Gasteiger partial charge in [0.25, 0.3) is 0 Å². The predicted octanol–water partition coefficient (Wildman–Crippen LogP) is 2.41. The van der Waals surface area contributed by atoms with Gasteiger partial charge in [-0.25, -0.2) is 4.98 Å². The van der Waals surface area contributed by atoms with Gasteiger partial charge < -0.3 is 15.0 Å². The highest BCUT2D eigenvalue weighted by atomic mass is 16.3. The van der Waals surface area contributed by atoms with Gasteiger partial charge >= 0.3 is 0 Å². The third-order valence-electron chi connectivity index (χ3n) is 4.79. The Hall–Kier alpha value is -1.39. The molecule has 1 saturated carbocycles. The fourth-order valence-corrected chi connectivity index (χ4v) is 3.63. The molecular formula is C16H23N3O. The number of nitrogens with zero attached hydrogens (tertiary/aromatic N) is 2. The highest BCUT2D eigenvalue weighted by molar-refractivity contribution is 5.76. The molecule has 2 unspecified atom stereocenters. The van der Waals surface area contributed by atoms with E-state index in [1.165, 1.54) is 5.52 Å². The summed E-state index contributed by atoms with van der Waals surface area (Å²) in [6.07, 6.45) is 4.30. The summed E-state index contributed by atoms with van der Waals surface area (Å²) in [7, 11) is 1.96. The molecule has 1 aliphatic carbocycles. The molecule has 1 aromatic heterocycles. The number of rotatable bonds is 3. The molecule has 2 N–H and O–H groups in total. The lowest BCUT2D eigenvalue weighted by Gasteiger charge is -2.40. The van der Waals surface area contributed by atoms with Crippen LogP contribution in [0.4, 0.5) is 0 Å². The first kappa shape index (κ1) is 13.6. The summed E-state index contributed by atoms with van der Waals surface area (Å²) < 4.78 is 2.36. The van der Waals surface area contributed by atoms with E-state index < -0.39 is 0 Å². The number of likely N-dealkylation sites (N-methyl/N-ethyl adjacent to an activating group) is 1. The van der Waals surface area contributed by atoms with Crippen LogP contribution in [0.5, 0.6) is 0 Å². The van der Waals surface area contributed by atoms with Crippen LogP contribution in [0.1, 0.15) is 37.5 Å². The largest absolute Gasteiger partial charge is 0.394 e. The molecule has 4 nitrogen and oxygen atoms in total. The second kappa shape index (κ2) is 5.19. The summed E-state index contributed by atoms with van der Waals surface area (Å²) in [5.74, 6) is 1.07. The molecule has 0 saturated heterocycles. The van der Waals surface area contributed by atoms with E-state index in [-0.39, 0.29) is 12.1 Å². The molecule has 0 spiro atoms. The Kier molecular flexibility index (Phi) is 3.52. The Morgan fingerprint density at radius 2 is 2.25 bits per heavy atom. The van der Waals surface area contributed by atoms with Gasteiger partial charge in [-0.15, -0.1) is 0 Å². The molecule has 1 aromatic carbocycles. The Morgan fingerprint density at radius 1 is 1.45 bits per heavy atom. The molecule has 3 rings (SSSR count). The van der Waals surface area contributed by atoms with Crippen molar-refractivity contribution in [2.75, 3.05) is 13.7 Å². The number of hydrogen-bond acceptors (Lipinski definition) is 3. The molecular weight excluding hydrogens is 250 g/mol. The minimum atomic E-state index is -0.138. The molecule has 1 aliphatic rings. The first-order valence-electron chi connectivity index (χ1n) is 7.42. The zero-order chi connectivity index (χ0) is 14.2. The quantitative estimate of drug-likeness (QED) is 0.903. The highest BCUT2D eigenvalue weighted by Crippen LogP contribution is 2.37. The maximum atomic E-state index is 9.75. The lowest BCUT2D eigenvalue weighted by Crippen LogP contribution is -2.50. The van der Waals surface area contributed by atoms with Crippen molar-refractivity contribution in [3.63, 3.8) is 0 Å². The number of para-hydroxylation sites is 2. The lowest BCUT2D eigenvalue weighted by molar-refractivity contribution is 0.105. The Labute approximate surface area is 119 Å². The smallest absolute Gasteiger partial charge is 0.106 e. The summed E-state index contributed by atoms with van der Waals surface area (Å²) in [5.41, 5.74) is 2.13. The second-order valence-electron chi connectivity index (χ2n) is 5.96. The molecule has 0 bridgehead atoms. The number of aromatic nitrogens is 2. The van der Waals surface area contributed by atoms with Gasteiger partial charge in [-0.1, -0.05) is 12.1 Å². The number of aryl methyl sites for hydroxylation is 1. The molecule has 2 aromatic rings. The standard InChI is InChI=1S/C16H23N3O/c1-12-18-14-7-3-4-8-15(14)19(12)13-6-5-9-16(10-13,11-20)17-2/h3-4,7-8,13,17,20H,5-6,9-11H2,1-2H3. The van der Waals surface area contributed by atoms with E-state index in [1.807, 2.05) is 13.1 Å². The molecule has 0 amide bonds. The van der Waals surface area contributed by atoms with Crippen LogP contribution < -0.4 is 5.32 Å². The predicted molar refractivity (Wildman–Crippen MR) is 80.9 cm³/mol. The van der Waals surface area contributed by atoms with Crippen LogP contribution in [-0.2, 0) is 0 Å². The Balaban J connectivity index is 2.00. The number of aliphatic hydroxyl groups excluding tert-OH is 1. The van der Waals surface area contributed by atoms with Gasteiger partial charge in [-0.05, 0) is 51.8 Å². The number of hydrogen-bond donors (Lipinski definition) is 2. The minimum Gasteiger partial charge on any atom is -0.394 e. The average Bonchev–Trinajstić information content (AvgIpc) is 2.83. The molecule has 0 radical (unpaired) electrons. The van der Waals surface area contributed by atoms with Crippen molar-refractivity contribution in [1.82, 2.24) is 14.9 Å². The first-order chi connectivity index (χ1) is 9.69. The highest BCUT2D eigenvalue weighted by Gasteiger charge is 2.36. The maximum Gasteiger partial charge on any atom is 0.106 e. The van der Waals surface area contributed by atoms with Gasteiger partial charge in [0, 0.05) is 11.6 Å². The van der Waals surface area contributed by atoms with Crippen molar-refractivity contribution in [3.05, 3.63) is 30.1 Å². The Bertz CT molecular complexity index is 601. The number of imidazole rings is 1. The number of fused-ring (bicyclic) bond motifs is 1. The molecule has 4 heteroatoms. The van der Waals surface area contributed by atoms with Crippen LogP contribution in [0.2, 0.25) is 0 Å². The molecule has 108 valence electrons. The first-order valence-corrected chi connectivity index (χ1v) is 7.42. The monoisotopic (exact) mass is 273 g/mol. The average molecular weight is 273 g/mol. The summed E-state index contributed by atoms with van der Waals surface area (Å²) in [5, 5.41) is 13.1. The third-order valence-corrected chi connectivity index (χ3v) is 4.79. The van der Waals surface area contributed by atoms with Crippen molar-refractivity contribution >= 4 is 11.0 Å². The van der Waals surface area contributed by atoms with E-state index in [1.54, 1.807) is 0 Å². The number of aliphatic hydroxyl groups is 1. The molecule has 2 atom stereocenters. The third kappa shape index (κ3) is 2.13. The van der Waals surface area contributed by atoms with E-state index in [0.29, 0.717) is 6.04 Å². The maximum absolute atomic E-state index is 9.75. The SMILES string of the molecule is CNC1(CO)CCCC(n2c(C)nc3ccccc32)C1. The topological polar surface area (TPSA) is 50.1 Å². The normalized spacial score (nSPS) is 27.1. The van der Waals surface area contributed by atoms with E-state index in [9.17, 15) is 5.11 Å². The van der Waals surface area contributed by atoms with Crippen molar-refractivity contribution < 1.29 is 5.11 Å². The molecule has 20 heavy (non-hydrogen) atoms. The van der Waals surface area contributed by atoms with Crippen molar-refractivity contribution in [2.24, 2.45) is 0 Å². The van der Waals surface area contributed by atoms with E-state index in [4.69, 9.17) is 0 Å². The van der Waals surface area contributed by atoms with Crippen LogP contribution in [0.15, 0.2) is 24.3 Å². The fraction of sp³-hybridized carbons (Fsp3) is 0.562. The zero-order valence-corrected chi connectivity index (χ0v) is 12.3. The van der Waals surface area contributed by atoms with E-state index in [2.05, 4.69) is 40.0 Å². The van der Waals surface area contributed by atoms with Crippen molar-refractivity contribution in [1.29, 1.82) is 0 Å². The number of benzene rings is 1. The summed E-state index contributed by atoms with van der Waals surface area (Å²) in [4.78, 5) is 4.67. The van der Waals surface area contributed by atoms with Gasteiger partial charge in [0.2, 0.25) is 0 Å². The van der Waals surface area contributed by atoms with Crippen molar-refractivity contribution in [2.45, 2.75) is 44.2 Å². The van der Waals surface area contributed by atoms with Gasteiger partial charge in [-0.3, -0.25) is 0 Å².